The maximum atomic E-state index is 11.7. The van der Waals surface area contributed by atoms with E-state index in [1.165, 1.54) is 4.88 Å². The molecule has 2 aliphatic rings. The van der Waals surface area contributed by atoms with Gasteiger partial charge >= 0.3 is 0 Å². The predicted octanol–water partition coefficient (Wildman–Crippen LogP) is 1.60. The second-order valence-corrected chi connectivity index (χ2v) is 8.99. The van der Waals surface area contributed by atoms with E-state index < -0.39 is 6.61 Å². The largest absolute Gasteiger partial charge is 0.387 e. The number of anilines is 1. The van der Waals surface area contributed by atoms with Gasteiger partial charge in [0.15, 0.2) is 5.82 Å². The van der Waals surface area contributed by atoms with Crippen molar-refractivity contribution in [1.82, 2.24) is 19.8 Å². The highest BCUT2D eigenvalue weighted by Gasteiger charge is 2.26. The number of morpholine rings is 1. The number of halogens is 1. The van der Waals surface area contributed by atoms with E-state index in [1.807, 2.05) is 0 Å². The average Bonchev–Trinajstić information content (AvgIpc) is 3.15. The Kier molecular flexibility index (Phi) is 6.50. The number of carbonyl (C=O) groups excluding carboxylic acids is 1. The highest BCUT2D eigenvalue weighted by molar-refractivity contribution is 7.19. The zero-order valence-corrected chi connectivity index (χ0v) is 18.1. The van der Waals surface area contributed by atoms with Gasteiger partial charge in [-0.05, 0) is 30.5 Å². The Hall–Kier alpha value is -1.52. The summed E-state index contributed by atoms with van der Waals surface area (Å²) in [6.45, 7) is 5.29. The number of fused-ring (bicyclic) bond motifs is 1. The van der Waals surface area contributed by atoms with E-state index >= 15 is 0 Å². The van der Waals surface area contributed by atoms with Crippen LogP contribution in [0.5, 0.6) is 0 Å². The summed E-state index contributed by atoms with van der Waals surface area (Å²) in [6, 6.07) is 2.32. The third-order valence-electron chi connectivity index (χ3n) is 5.70. The molecule has 0 atom stereocenters. The van der Waals surface area contributed by atoms with Crippen molar-refractivity contribution in [3.8, 4) is 0 Å². The summed E-state index contributed by atoms with van der Waals surface area (Å²) in [5.74, 6) is 0.696. The number of nitrogens with zero attached hydrogens (tertiary/aromatic N) is 5. The van der Waals surface area contributed by atoms with Crippen LogP contribution in [0.25, 0.3) is 10.2 Å². The number of hydrogen-bond donors (Lipinski definition) is 1. The number of likely N-dealkylation sites (N-methyl/N-ethyl adjacent to an activating group) is 1. The monoisotopic (exact) mass is 439 g/mol. The highest BCUT2D eigenvalue weighted by atomic mass is 35.5. The second-order valence-electron chi connectivity index (χ2n) is 7.51. The van der Waals surface area contributed by atoms with Crippen LogP contribution in [0.1, 0.15) is 17.7 Å². The summed E-state index contributed by atoms with van der Waals surface area (Å²) in [6.07, 6.45) is 1.83. The molecule has 2 fully saturated rings. The molecule has 2 aliphatic heterocycles. The zero-order valence-electron chi connectivity index (χ0n) is 16.5. The Morgan fingerprint density at radius 1 is 1.31 bits per heavy atom. The molecule has 10 heteroatoms. The standard InChI is InChI=1S/C19H26ClN5O3S/c1-23(16(27)12-26)13-2-4-24(5-3-13)11-14-10-15-17(29-14)18(22-19(20)21-15)25-6-8-28-9-7-25/h10,13,26H,2-9,11-12H2,1H3. The van der Waals surface area contributed by atoms with Crippen LogP contribution in [0.3, 0.4) is 0 Å². The smallest absolute Gasteiger partial charge is 0.248 e. The van der Waals surface area contributed by atoms with Crippen molar-refractivity contribution in [2.45, 2.75) is 25.4 Å². The summed E-state index contributed by atoms with van der Waals surface area (Å²) < 4.78 is 6.54. The van der Waals surface area contributed by atoms with Crippen molar-refractivity contribution in [3.63, 3.8) is 0 Å². The van der Waals surface area contributed by atoms with Crippen LogP contribution in [0.15, 0.2) is 6.07 Å². The van der Waals surface area contributed by atoms with Crippen LogP contribution in [0.2, 0.25) is 5.28 Å². The molecular formula is C19H26ClN5O3S. The summed E-state index contributed by atoms with van der Waals surface area (Å²) in [5.41, 5.74) is 0.898. The Labute approximate surface area is 179 Å². The minimum atomic E-state index is -0.423. The van der Waals surface area contributed by atoms with E-state index in [9.17, 15) is 4.79 Å². The molecule has 0 radical (unpaired) electrons. The van der Waals surface area contributed by atoms with Crippen molar-refractivity contribution >= 4 is 44.9 Å². The first-order valence-corrected chi connectivity index (χ1v) is 11.1. The van der Waals surface area contributed by atoms with Crippen molar-refractivity contribution in [2.75, 3.05) is 57.9 Å². The molecule has 0 aliphatic carbocycles. The van der Waals surface area contributed by atoms with E-state index in [2.05, 4.69) is 25.8 Å². The van der Waals surface area contributed by atoms with Crippen molar-refractivity contribution in [2.24, 2.45) is 0 Å². The molecule has 0 unspecified atom stereocenters. The highest BCUT2D eigenvalue weighted by Crippen LogP contribution is 2.34. The van der Waals surface area contributed by atoms with Crippen LogP contribution in [0.4, 0.5) is 5.82 Å². The van der Waals surface area contributed by atoms with E-state index in [0.717, 1.165) is 61.6 Å². The number of aromatic nitrogens is 2. The van der Waals surface area contributed by atoms with E-state index in [-0.39, 0.29) is 17.2 Å². The van der Waals surface area contributed by atoms with Gasteiger partial charge in [-0.15, -0.1) is 11.3 Å². The number of aliphatic hydroxyl groups is 1. The second kappa shape index (κ2) is 9.09. The molecule has 0 aromatic carbocycles. The van der Waals surface area contributed by atoms with Gasteiger partial charge in [0.25, 0.3) is 0 Å². The molecule has 0 spiro atoms. The van der Waals surface area contributed by atoms with Gasteiger partial charge < -0.3 is 19.6 Å². The number of thiophene rings is 1. The average molecular weight is 440 g/mol. The lowest BCUT2D eigenvalue weighted by Gasteiger charge is -2.36. The van der Waals surface area contributed by atoms with Gasteiger partial charge in [0.1, 0.15) is 6.61 Å². The molecular weight excluding hydrogens is 414 g/mol. The van der Waals surface area contributed by atoms with E-state index in [1.54, 1.807) is 23.3 Å². The summed E-state index contributed by atoms with van der Waals surface area (Å²) >= 11 is 7.92. The number of piperidine rings is 1. The van der Waals surface area contributed by atoms with Gasteiger partial charge in [0.05, 0.1) is 23.4 Å². The van der Waals surface area contributed by atoms with Crippen LogP contribution in [-0.4, -0.2) is 89.9 Å². The fourth-order valence-electron chi connectivity index (χ4n) is 4.00. The summed E-state index contributed by atoms with van der Waals surface area (Å²) in [5, 5.41) is 9.34. The molecule has 2 saturated heterocycles. The van der Waals surface area contributed by atoms with Gasteiger partial charge in [0.2, 0.25) is 11.2 Å². The Balaban J connectivity index is 1.45. The number of carbonyl (C=O) groups is 1. The lowest BCUT2D eigenvalue weighted by atomic mass is 10.0. The van der Waals surface area contributed by atoms with Gasteiger partial charge in [-0.3, -0.25) is 9.69 Å². The SMILES string of the molecule is CN(C(=O)CO)C1CCN(Cc2cc3nc(Cl)nc(N4CCOCC4)c3s2)CC1. The number of hydrogen-bond acceptors (Lipinski definition) is 8. The van der Waals surface area contributed by atoms with Crippen LogP contribution >= 0.6 is 22.9 Å². The number of ether oxygens (including phenoxy) is 1. The van der Waals surface area contributed by atoms with Crippen LogP contribution < -0.4 is 4.90 Å². The molecule has 2 aromatic rings. The third-order valence-corrected chi connectivity index (χ3v) is 6.98. The third kappa shape index (κ3) is 4.64. The van der Waals surface area contributed by atoms with E-state index in [0.29, 0.717) is 13.2 Å². The molecule has 2 aromatic heterocycles. The Morgan fingerprint density at radius 2 is 2.03 bits per heavy atom. The van der Waals surface area contributed by atoms with Crippen LogP contribution in [-0.2, 0) is 16.1 Å². The molecule has 1 amide bonds. The molecule has 4 heterocycles. The lowest BCUT2D eigenvalue weighted by Crippen LogP contribution is -2.46. The molecule has 8 nitrogen and oxygen atoms in total. The first-order valence-electron chi connectivity index (χ1n) is 9.92. The predicted molar refractivity (Wildman–Crippen MR) is 114 cm³/mol. The molecule has 0 saturated carbocycles. The van der Waals surface area contributed by atoms with Crippen molar-refractivity contribution in [1.29, 1.82) is 0 Å². The molecule has 29 heavy (non-hydrogen) atoms. The number of likely N-dealkylation sites (tertiary alicyclic amines) is 1. The zero-order chi connectivity index (χ0) is 20.4. The number of rotatable bonds is 5. The first-order chi connectivity index (χ1) is 14.0. The van der Waals surface area contributed by atoms with Crippen molar-refractivity contribution < 1.29 is 14.6 Å². The molecule has 1 N–H and O–H groups in total. The minimum Gasteiger partial charge on any atom is -0.387 e. The van der Waals surface area contributed by atoms with Crippen LogP contribution in [0, 0.1) is 0 Å². The molecule has 4 rings (SSSR count). The number of amides is 1. The van der Waals surface area contributed by atoms with Gasteiger partial charge in [-0.2, -0.15) is 4.98 Å². The topological polar surface area (TPSA) is 82.0 Å². The first kappa shape index (κ1) is 20.7. The summed E-state index contributed by atoms with van der Waals surface area (Å²) in [4.78, 5) is 28.2. The molecule has 0 bridgehead atoms. The Morgan fingerprint density at radius 3 is 2.72 bits per heavy atom. The minimum absolute atomic E-state index is 0.200. The van der Waals surface area contributed by atoms with Gasteiger partial charge in [-0.25, -0.2) is 4.98 Å². The normalized spacial score (nSPS) is 19.1. The maximum Gasteiger partial charge on any atom is 0.248 e. The van der Waals surface area contributed by atoms with Gasteiger partial charge in [-0.1, -0.05) is 0 Å². The fourth-order valence-corrected chi connectivity index (χ4v) is 5.33. The van der Waals surface area contributed by atoms with Gasteiger partial charge in [0, 0.05) is 50.7 Å². The fraction of sp³-hybridized carbons (Fsp3) is 0.632. The number of aliphatic hydroxyl groups excluding tert-OH is 1. The van der Waals surface area contributed by atoms with E-state index in [4.69, 9.17) is 21.4 Å². The quantitative estimate of drug-likeness (QED) is 0.708. The van der Waals surface area contributed by atoms with Crippen molar-refractivity contribution in [3.05, 3.63) is 16.2 Å². The summed E-state index contributed by atoms with van der Waals surface area (Å²) in [7, 11) is 1.78. The maximum absolute atomic E-state index is 11.7. The molecule has 158 valence electrons. The lowest BCUT2D eigenvalue weighted by molar-refractivity contribution is -0.135. The Bertz CT molecular complexity index is 865.